The van der Waals surface area contributed by atoms with E-state index in [4.69, 9.17) is 27.9 Å². The van der Waals surface area contributed by atoms with Crippen molar-refractivity contribution >= 4 is 35.0 Å². The standard InChI is InChI=1S/C18H21Cl2N5O4/c1-8(2)11-7-14(23-25(4)17(11)26)28-15-12(19)5-10(6-13(15)20)21-9(3)16-22-18(27)29-24-16/h5-9,16,21,24H,1-4H3,(H,22,27)/t9-,16?/m1/s1. The molecule has 29 heavy (non-hydrogen) atoms. The van der Waals surface area contributed by atoms with E-state index in [1.165, 1.54) is 4.68 Å². The molecule has 3 rings (SSSR count). The quantitative estimate of drug-likeness (QED) is 0.630. The Hall–Kier alpha value is -2.49. The summed E-state index contributed by atoms with van der Waals surface area (Å²) in [4.78, 5) is 28.0. The van der Waals surface area contributed by atoms with E-state index in [1.54, 1.807) is 25.2 Å². The van der Waals surface area contributed by atoms with Crippen LogP contribution < -0.4 is 26.4 Å². The van der Waals surface area contributed by atoms with E-state index in [0.29, 0.717) is 11.3 Å². The fraction of sp³-hybridized carbons (Fsp3) is 0.389. The minimum Gasteiger partial charge on any atom is -0.434 e. The molecule has 156 valence electrons. The van der Waals surface area contributed by atoms with Crippen LogP contribution in [0.4, 0.5) is 10.5 Å². The monoisotopic (exact) mass is 441 g/mol. The number of rotatable bonds is 6. The first kappa shape index (κ1) is 21.2. The van der Waals surface area contributed by atoms with Gasteiger partial charge in [0.05, 0.1) is 16.1 Å². The number of anilines is 1. The number of carbonyl (C=O) groups excluding carboxylic acids is 1. The molecule has 0 saturated carbocycles. The van der Waals surface area contributed by atoms with E-state index in [1.807, 2.05) is 20.8 Å². The third kappa shape index (κ3) is 4.75. The molecule has 0 aliphatic carbocycles. The number of hydrogen-bond acceptors (Lipinski definition) is 7. The van der Waals surface area contributed by atoms with E-state index in [2.05, 4.69) is 26.0 Å². The third-order valence-electron chi connectivity index (χ3n) is 4.34. The van der Waals surface area contributed by atoms with E-state index in [0.717, 1.165) is 0 Å². The van der Waals surface area contributed by atoms with Crippen LogP contribution in [0.25, 0.3) is 0 Å². The molecule has 3 N–H and O–H groups in total. The first-order valence-corrected chi connectivity index (χ1v) is 9.66. The summed E-state index contributed by atoms with van der Waals surface area (Å²) in [6.07, 6.45) is -0.964. The summed E-state index contributed by atoms with van der Waals surface area (Å²) in [5.41, 5.74) is 3.59. The predicted octanol–water partition coefficient (Wildman–Crippen LogP) is 3.37. The highest BCUT2D eigenvalue weighted by Crippen LogP contribution is 2.38. The summed E-state index contributed by atoms with van der Waals surface area (Å²) < 4.78 is 7.01. The molecule has 1 aliphatic rings. The van der Waals surface area contributed by atoms with Gasteiger partial charge in [0, 0.05) is 24.4 Å². The maximum absolute atomic E-state index is 12.2. The second-order valence-electron chi connectivity index (χ2n) is 6.95. The number of ether oxygens (including phenoxy) is 1. The highest BCUT2D eigenvalue weighted by atomic mass is 35.5. The molecular formula is C18H21Cl2N5O4. The molecule has 11 heteroatoms. The average molecular weight is 442 g/mol. The summed E-state index contributed by atoms with van der Waals surface area (Å²) in [5.74, 6) is 0.443. The lowest BCUT2D eigenvalue weighted by molar-refractivity contribution is 0.119. The predicted molar refractivity (Wildman–Crippen MR) is 110 cm³/mol. The van der Waals surface area contributed by atoms with Gasteiger partial charge in [0.15, 0.2) is 5.75 Å². The Balaban J connectivity index is 1.81. The molecule has 1 unspecified atom stereocenters. The number of halogens is 2. The molecule has 2 aromatic rings. The smallest absolute Gasteiger partial charge is 0.427 e. The zero-order chi connectivity index (χ0) is 21.3. The number of nitrogens with zero attached hydrogens (tertiary/aromatic N) is 2. The van der Waals surface area contributed by atoms with Crippen LogP contribution in [-0.2, 0) is 11.9 Å². The minimum absolute atomic E-state index is 0.00623. The molecular weight excluding hydrogens is 421 g/mol. The van der Waals surface area contributed by atoms with Crippen molar-refractivity contribution in [2.45, 2.75) is 38.9 Å². The van der Waals surface area contributed by atoms with Crippen LogP contribution in [0.2, 0.25) is 10.0 Å². The topological polar surface area (TPSA) is 107 Å². The van der Waals surface area contributed by atoms with Gasteiger partial charge >= 0.3 is 6.09 Å². The van der Waals surface area contributed by atoms with Crippen LogP contribution in [0.5, 0.6) is 11.6 Å². The molecule has 0 bridgehead atoms. The van der Waals surface area contributed by atoms with Gasteiger partial charge in [-0.15, -0.1) is 10.6 Å². The zero-order valence-corrected chi connectivity index (χ0v) is 17.8. The number of benzene rings is 1. The molecule has 0 radical (unpaired) electrons. The molecule has 0 spiro atoms. The number of aryl methyl sites for hydroxylation is 1. The fourth-order valence-corrected chi connectivity index (χ4v) is 3.35. The highest BCUT2D eigenvalue weighted by Gasteiger charge is 2.27. The van der Waals surface area contributed by atoms with E-state index in [-0.39, 0.29) is 39.2 Å². The van der Waals surface area contributed by atoms with Crippen LogP contribution in [0.1, 0.15) is 32.3 Å². The summed E-state index contributed by atoms with van der Waals surface area (Å²) >= 11 is 12.7. The summed E-state index contributed by atoms with van der Waals surface area (Å²) in [6, 6.07) is 4.64. The number of aromatic nitrogens is 2. The van der Waals surface area contributed by atoms with Crippen molar-refractivity contribution < 1.29 is 14.4 Å². The van der Waals surface area contributed by atoms with Crippen molar-refractivity contribution in [3.05, 3.63) is 44.2 Å². The van der Waals surface area contributed by atoms with Gasteiger partial charge in [0.2, 0.25) is 5.88 Å². The second-order valence-corrected chi connectivity index (χ2v) is 7.77. The normalized spacial score (nSPS) is 17.1. The maximum Gasteiger partial charge on any atom is 0.427 e. The Morgan fingerprint density at radius 3 is 2.41 bits per heavy atom. The lowest BCUT2D eigenvalue weighted by Gasteiger charge is -2.21. The number of hydroxylamine groups is 1. The zero-order valence-electron chi connectivity index (χ0n) is 16.2. The molecule has 1 aromatic heterocycles. The van der Waals surface area contributed by atoms with Crippen LogP contribution in [-0.4, -0.2) is 28.1 Å². The Bertz CT molecular complexity index is 972. The Morgan fingerprint density at radius 2 is 1.86 bits per heavy atom. The number of nitrogens with one attached hydrogen (secondary N) is 3. The fourth-order valence-electron chi connectivity index (χ4n) is 2.79. The molecule has 1 aromatic carbocycles. The number of carbonyl (C=O) groups is 1. The third-order valence-corrected chi connectivity index (χ3v) is 4.90. The van der Waals surface area contributed by atoms with Crippen LogP contribution in [0.3, 0.4) is 0 Å². The van der Waals surface area contributed by atoms with Gasteiger partial charge in [-0.25, -0.2) is 9.48 Å². The Kier molecular flexibility index (Phi) is 6.21. The SMILES string of the molecule is CC(C)c1cc(Oc2c(Cl)cc(N[C@H](C)C3NOC(=O)N3)cc2Cl)nn(C)c1=O. The van der Waals surface area contributed by atoms with E-state index >= 15 is 0 Å². The van der Waals surface area contributed by atoms with Gasteiger partial charge in [-0.3, -0.25) is 10.1 Å². The summed E-state index contributed by atoms with van der Waals surface area (Å²) in [5, 5.41) is 10.4. The molecule has 1 saturated heterocycles. The van der Waals surface area contributed by atoms with Crippen molar-refractivity contribution in [2.24, 2.45) is 7.05 Å². The second kappa shape index (κ2) is 8.48. The largest absolute Gasteiger partial charge is 0.434 e. The number of amides is 1. The Morgan fingerprint density at radius 1 is 1.21 bits per heavy atom. The van der Waals surface area contributed by atoms with Gasteiger partial charge in [-0.2, -0.15) is 0 Å². The highest BCUT2D eigenvalue weighted by molar-refractivity contribution is 6.37. The van der Waals surface area contributed by atoms with E-state index in [9.17, 15) is 9.59 Å². The minimum atomic E-state index is -0.547. The lowest BCUT2D eigenvalue weighted by atomic mass is 10.1. The van der Waals surface area contributed by atoms with Gasteiger partial charge in [0.25, 0.3) is 5.56 Å². The molecule has 2 atom stereocenters. The summed E-state index contributed by atoms with van der Waals surface area (Å²) in [7, 11) is 1.55. The first-order chi connectivity index (χ1) is 13.7. The van der Waals surface area contributed by atoms with Gasteiger partial charge in [-0.05, 0) is 25.0 Å². The maximum atomic E-state index is 12.2. The summed E-state index contributed by atoms with van der Waals surface area (Å²) in [6.45, 7) is 5.67. The molecule has 2 heterocycles. The van der Waals surface area contributed by atoms with E-state index < -0.39 is 12.3 Å². The average Bonchev–Trinajstić information content (AvgIpc) is 3.07. The molecule has 1 aliphatic heterocycles. The molecule has 9 nitrogen and oxygen atoms in total. The van der Waals surface area contributed by atoms with Crippen molar-refractivity contribution in [2.75, 3.05) is 5.32 Å². The van der Waals surface area contributed by atoms with Gasteiger partial charge < -0.3 is 14.9 Å². The molecule has 1 fully saturated rings. The van der Waals surface area contributed by atoms with Crippen molar-refractivity contribution in [1.82, 2.24) is 20.6 Å². The Labute approximate surface area is 177 Å². The lowest BCUT2D eigenvalue weighted by Crippen LogP contribution is -2.45. The first-order valence-electron chi connectivity index (χ1n) is 8.90. The van der Waals surface area contributed by atoms with Crippen molar-refractivity contribution in [3.8, 4) is 11.6 Å². The van der Waals surface area contributed by atoms with Crippen LogP contribution in [0.15, 0.2) is 23.0 Å². The van der Waals surface area contributed by atoms with Crippen molar-refractivity contribution in [1.29, 1.82) is 0 Å². The van der Waals surface area contributed by atoms with Crippen LogP contribution in [0, 0.1) is 0 Å². The van der Waals surface area contributed by atoms with Gasteiger partial charge in [-0.1, -0.05) is 37.0 Å². The molecule has 1 amide bonds. The van der Waals surface area contributed by atoms with Gasteiger partial charge in [0.1, 0.15) is 6.17 Å². The van der Waals surface area contributed by atoms with Crippen LogP contribution >= 0.6 is 23.2 Å². The number of hydrogen-bond donors (Lipinski definition) is 3. The van der Waals surface area contributed by atoms with Crippen molar-refractivity contribution in [3.63, 3.8) is 0 Å².